The summed E-state index contributed by atoms with van der Waals surface area (Å²) >= 11 is 0. The Labute approximate surface area is 72.3 Å². The first-order chi connectivity index (χ1) is 5.95. The monoisotopic (exact) mass is 192 g/mol. The molecule has 0 aliphatic carbocycles. The van der Waals surface area contributed by atoms with Gasteiger partial charge in [0.2, 0.25) is 0 Å². The van der Waals surface area contributed by atoms with Gasteiger partial charge in [-0.15, -0.1) is 0 Å². The van der Waals surface area contributed by atoms with Gasteiger partial charge in [0.05, 0.1) is 6.61 Å². The lowest BCUT2D eigenvalue weighted by molar-refractivity contribution is -0.142. The molecule has 1 aromatic heterocycles. The van der Waals surface area contributed by atoms with Crippen molar-refractivity contribution in [3.8, 4) is 0 Å². The summed E-state index contributed by atoms with van der Waals surface area (Å²) in [6.07, 6.45) is -3.56. The fraction of sp³-hybridized carbons (Fsp3) is 0.429. The molecule has 0 aliphatic rings. The molecule has 0 spiro atoms. The van der Waals surface area contributed by atoms with E-state index in [2.05, 4.69) is 9.97 Å². The lowest BCUT2D eigenvalue weighted by Gasteiger charge is -2.09. The summed E-state index contributed by atoms with van der Waals surface area (Å²) < 4.78 is 36.6. The van der Waals surface area contributed by atoms with Gasteiger partial charge in [-0.25, -0.2) is 9.97 Å². The SMILES string of the molecule is Cc1ncc(CO)c(C(F)(F)F)n1. The van der Waals surface area contributed by atoms with Gasteiger partial charge in [0.1, 0.15) is 5.82 Å². The second kappa shape index (κ2) is 3.29. The molecule has 0 bridgehead atoms. The molecule has 0 amide bonds. The van der Waals surface area contributed by atoms with Crippen LogP contribution in [0, 0.1) is 6.92 Å². The molecule has 13 heavy (non-hydrogen) atoms. The van der Waals surface area contributed by atoms with Crippen LogP contribution in [-0.2, 0) is 12.8 Å². The molecule has 1 N–H and O–H groups in total. The molecule has 3 nitrogen and oxygen atoms in total. The molecule has 0 saturated carbocycles. The molecule has 0 aliphatic heterocycles. The highest BCUT2D eigenvalue weighted by atomic mass is 19.4. The van der Waals surface area contributed by atoms with Crippen LogP contribution in [0.4, 0.5) is 13.2 Å². The first-order valence-corrected chi connectivity index (χ1v) is 3.45. The van der Waals surface area contributed by atoms with Crippen molar-refractivity contribution >= 4 is 0 Å². The van der Waals surface area contributed by atoms with Gasteiger partial charge in [0.25, 0.3) is 0 Å². The molecular weight excluding hydrogens is 185 g/mol. The summed E-state index contributed by atoms with van der Waals surface area (Å²) in [6.45, 7) is 0.644. The van der Waals surface area contributed by atoms with Crippen molar-refractivity contribution in [2.24, 2.45) is 0 Å². The third-order valence-electron chi connectivity index (χ3n) is 1.42. The zero-order valence-electron chi connectivity index (χ0n) is 6.76. The maximum absolute atomic E-state index is 12.2. The molecule has 0 radical (unpaired) electrons. The third-order valence-corrected chi connectivity index (χ3v) is 1.42. The molecule has 6 heteroatoms. The van der Waals surface area contributed by atoms with Crippen molar-refractivity contribution < 1.29 is 18.3 Å². The van der Waals surface area contributed by atoms with Crippen LogP contribution < -0.4 is 0 Å². The standard InChI is InChI=1S/C7H7F3N2O/c1-4-11-2-5(3-13)6(12-4)7(8,9)10/h2,13H,3H2,1H3. The average molecular weight is 192 g/mol. The highest BCUT2D eigenvalue weighted by Gasteiger charge is 2.35. The minimum absolute atomic E-state index is 0.0320. The predicted octanol–water partition coefficient (Wildman–Crippen LogP) is 1.30. The van der Waals surface area contributed by atoms with E-state index in [0.717, 1.165) is 6.20 Å². The summed E-state index contributed by atoms with van der Waals surface area (Å²) in [6, 6.07) is 0. The number of aryl methyl sites for hydroxylation is 1. The quantitative estimate of drug-likeness (QED) is 0.729. The Balaban J connectivity index is 3.24. The summed E-state index contributed by atoms with van der Waals surface area (Å²) in [5.74, 6) is 0.0320. The number of rotatable bonds is 1. The van der Waals surface area contributed by atoms with Crippen LogP contribution in [0.2, 0.25) is 0 Å². The second-order valence-corrected chi connectivity index (χ2v) is 2.45. The van der Waals surface area contributed by atoms with Crippen molar-refractivity contribution in [2.75, 3.05) is 0 Å². The van der Waals surface area contributed by atoms with Crippen LogP contribution in [0.5, 0.6) is 0 Å². The highest BCUT2D eigenvalue weighted by Crippen LogP contribution is 2.29. The van der Waals surface area contributed by atoms with Gasteiger partial charge in [-0.1, -0.05) is 0 Å². The molecule has 1 aromatic rings. The highest BCUT2D eigenvalue weighted by molar-refractivity contribution is 5.19. The normalized spacial score (nSPS) is 11.8. The number of hydrogen-bond acceptors (Lipinski definition) is 3. The molecule has 0 unspecified atom stereocenters. The van der Waals surface area contributed by atoms with Gasteiger partial charge in [-0.2, -0.15) is 13.2 Å². The minimum atomic E-state index is -4.54. The topological polar surface area (TPSA) is 46.0 Å². The maximum atomic E-state index is 12.2. The zero-order chi connectivity index (χ0) is 10.1. The molecule has 0 aromatic carbocycles. The number of aliphatic hydroxyl groups excluding tert-OH is 1. The Morgan fingerprint density at radius 1 is 1.46 bits per heavy atom. The van der Waals surface area contributed by atoms with Gasteiger partial charge in [-0.3, -0.25) is 0 Å². The lowest BCUT2D eigenvalue weighted by atomic mass is 10.2. The van der Waals surface area contributed by atoms with Gasteiger partial charge in [-0.05, 0) is 6.92 Å². The maximum Gasteiger partial charge on any atom is 0.433 e. The molecule has 0 atom stereocenters. The van der Waals surface area contributed by atoms with Crippen molar-refractivity contribution in [1.29, 1.82) is 0 Å². The number of nitrogens with zero attached hydrogens (tertiary/aromatic N) is 2. The van der Waals surface area contributed by atoms with Gasteiger partial charge < -0.3 is 5.11 Å². The van der Waals surface area contributed by atoms with Crippen LogP contribution in [-0.4, -0.2) is 15.1 Å². The molecular formula is C7H7F3N2O. The Kier molecular flexibility index (Phi) is 2.51. The molecule has 1 rings (SSSR count). The Morgan fingerprint density at radius 2 is 2.08 bits per heavy atom. The first kappa shape index (κ1) is 9.91. The van der Waals surface area contributed by atoms with E-state index in [1.54, 1.807) is 0 Å². The van der Waals surface area contributed by atoms with E-state index < -0.39 is 18.5 Å². The van der Waals surface area contributed by atoms with E-state index >= 15 is 0 Å². The van der Waals surface area contributed by atoms with E-state index in [0.29, 0.717) is 0 Å². The van der Waals surface area contributed by atoms with Gasteiger partial charge in [0, 0.05) is 11.8 Å². The summed E-state index contributed by atoms with van der Waals surface area (Å²) in [5.41, 5.74) is -1.37. The van der Waals surface area contributed by atoms with Crippen LogP contribution in [0.3, 0.4) is 0 Å². The largest absolute Gasteiger partial charge is 0.433 e. The molecule has 0 fully saturated rings. The lowest BCUT2D eigenvalue weighted by Crippen LogP contribution is -2.13. The van der Waals surface area contributed by atoms with E-state index in [1.807, 2.05) is 0 Å². The number of aromatic nitrogens is 2. The zero-order valence-corrected chi connectivity index (χ0v) is 6.76. The van der Waals surface area contributed by atoms with Crippen molar-refractivity contribution in [2.45, 2.75) is 19.7 Å². The summed E-state index contributed by atoms with van der Waals surface area (Å²) in [5, 5.41) is 8.59. The number of aliphatic hydroxyl groups is 1. The number of alkyl halides is 3. The Bertz CT molecular complexity index is 311. The molecule has 0 saturated heterocycles. The summed E-state index contributed by atoms with van der Waals surface area (Å²) in [4.78, 5) is 6.77. The van der Waals surface area contributed by atoms with E-state index in [1.165, 1.54) is 6.92 Å². The van der Waals surface area contributed by atoms with E-state index in [4.69, 9.17) is 5.11 Å². The third kappa shape index (κ3) is 2.15. The Morgan fingerprint density at radius 3 is 2.54 bits per heavy atom. The average Bonchev–Trinajstić information content (AvgIpc) is 2.03. The van der Waals surface area contributed by atoms with E-state index in [-0.39, 0.29) is 11.4 Å². The summed E-state index contributed by atoms with van der Waals surface area (Å²) in [7, 11) is 0. The van der Waals surface area contributed by atoms with Crippen molar-refractivity contribution in [1.82, 2.24) is 9.97 Å². The number of hydrogen-bond donors (Lipinski definition) is 1. The second-order valence-electron chi connectivity index (χ2n) is 2.45. The van der Waals surface area contributed by atoms with Crippen molar-refractivity contribution in [3.05, 3.63) is 23.3 Å². The van der Waals surface area contributed by atoms with Crippen LogP contribution in [0.1, 0.15) is 17.1 Å². The predicted molar refractivity (Wildman–Crippen MR) is 37.7 cm³/mol. The Hall–Kier alpha value is -1.17. The van der Waals surface area contributed by atoms with Gasteiger partial charge >= 0.3 is 6.18 Å². The van der Waals surface area contributed by atoms with E-state index in [9.17, 15) is 13.2 Å². The smallest absolute Gasteiger partial charge is 0.392 e. The van der Waals surface area contributed by atoms with Crippen LogP contribution >= 0.6 is 0 Å². The number of halogens is 3. The first-order valence-electron chi connectivity index (χ1n) is 3.45. The van der Waals surface area contributed by atoms with Gasteiger partial charge in [0.15, 0.2) is 5.69 Å². The van der Waals surface area contributed by atoms with Crippen LogP contribution in [0.25, 0.3) is 0 Å². The van der Waals surface area contributed by atoms with Crippen molar-refractivity contribution in [3.63, 3.8) is 0 Å². The van der Waals surface area contributed by atoms with Crippen LogP contribution in [0.15, 0.2) is 6.20 Å². The molecule has 1 heterocycles. The molecule has 72 valence electrons. The fourth-order valence-corrected chi connectivity index (χ4v) is 0.856. The fourth-order valence-electron chi connectivity index (χ4n) is 0.856. The minimum Gasteiger partial charge on any atom is -0.392 e.